The molecule has 0 spiro atoms. The van der Waals surface area contributed by atoms with Gasteiger partial charge in [-0.05, 0) is 95.1 Å². The van der Waals surface area contributed by atoms with Crippen molar-refractivity contribution < 1.29 is 8.83 Å². The fourth-order valence-electron chi connectivity index (χ4n) is 7.72. The van der Waals surface area contributed by atoms with Crippen molar-refractivity contribution in [3.63, 3.8) is 0 Å². The third-order valence-electron chi connectivity index (χ3n) is 10.3. The van der Waals surface area contributed by atoms with Crippen molar-refractivity contribution in [1.82, 2.24) is 4.98 Å². The van der Waals surface area contributed by atoms with Crippen LogP contribution in [0.5, 0.6) is 0 Å². The summed E-state index contributed by atoms with van der Waals surface area (Å²) in [6.45, 7) is 0. The van der Waals surface area contributed by atoms with Crippen LogP contribution in [0.25, 0.3) is 86.9 Å². The van der Waals surface area contributed by atoms with Crippen molar-refractivity contribution in [2.45, 2.75) is 0 Å². The third-order valence-corrected chi connectivity index (χ3v) is 11.4. The first-order valence-corrected chi connectivity index (χ1v) is 18.8. The number of hydrogen-bond acceptors (Lipinski definition) is 5. The third kappa shape index (κ3) is 5.09. The Morgan fingerprint density at radius 2 is 1.04 bits per heavy atom. The largest absolute Gasteiger partial charge is 0.456 e. The number of fused-ring (bicyclic) bond motifs is 7. The number of furan rings is 1. The lowest BCUT2D eigenvalue weighted by molar-refractivity contribution is 0.617. The second kappa shape index (κ2) is 12.3. The van der Waals surface area contributed by atoms with Crippen LogP contribution in [-0.2, 0) is 0 Å². The van der Waals surface area contributed by atoms with Gasteiger partial charge in [-0.25, -0.2) is 4.98 Å². The number of nitrogens with zero attached hydrogens (tertiary/aromatic N) is 2. The molecule has 11 aromatic rings. The Morgan fingerprint density at radius 1 is 0.407 bits per heavy atom. The van der Waals surface area contributed by atoms with Gasteiger partial charge >= 0.3 is 0 Å². The molecule has 0 fully saturated rings. The molecule has 0 atom stereocenters. The van der Waals surface area contributed by atoms with Crippen LogP contribution in [-0.4, -0.2) is 4.98 Å². The fourth-order valence-corrected chi connectivity index (χ4v) is 8.85. The zero-order valence-electron chi connectivity index (χ0n) is 28.9. The smallest absolute Gasteiger partial charge is 0.227 e. The van der Waals surface area contributed by atoms with Crippen molar-refractivity contribution >= 4 is 81.6 Å². The van der Waals surface area contributed by atoms with E-state index in [2.05, 4.69) is 150 Å². The van der Waals surface area contributed by atoms with E-state index in [-0.39, 0.29) is 0 Å². The molecule has 0 saturated heterocycles. The van der Waals surface area contributed by atoms with Gasteiger partial charge in [-0.2, -0.15) is 0 Å². The molecule has 0 amide bonds. The molecule has 11 rings (SSSR count). The van der Waals surface area contributed by atoms with E-state index < -0.39 is 0 Å². The molecule has 3 aromatic heterocycles. The summed E-state index contributed by atoms with van der Waals surface area (Å²) in [5.74, 6) is 0.597. The van der Waals surface area contributed by atoms with Crippen molar-refractivity contribution in [3.8, 4) is 33.7 Å². The quantitative estimate of drug-likeness (QED) is 0.172. The van der Waals surface area contributed by atoms with Crippen LogP contribution in [0.2, 0.25) is 0 Å². The van der Waals surface area contributed by atoms with E-state index in [1.54, 1.807) is 0 Å². The highest BCUT2D eigenvalue weighted by Crippen LogP contribution is 2.43. The van der Waals surface area contributed by atoms with Crippen molar-refractivity contribution in [2.24, 2.45) is 0 Å². The number of hydrogen-bond donors (Lipinski definition) is 0. The first-order valence-electron chi connectivity index (χ1n) is 18.0. The van der Waals surface area contributed by atoms with Gasteiger partial charge < -0.3 is 13.7 Å². The van der Waals surface area contributed by atoms with E-state index in [1.165, 1.54) is 42.4 Å². The maximum atomic E-state index is 6.40. The Hall–Kier alpha value is -6.95. The predicted molar refractivity (Wildman–Crippen MR) is 225 cm³/mol. The van der Waals surface area contributed by atoms with Gasteiger partial charge in [-0.15, -0.1) is 11.3 Å². The summed E-state index contributed by atoms with van der Waals surface area (Å²) in [6.07, 6.45) is 0. The number of anilines is 3. The topological polar surface area (TPSA) is 42.4 Å². The minimum Gasteiger partial charge on any atom is -0.456 e. The number of benzene rings is 8. The van der Waals surface area contributed by atoms with Crippen molar-refractivity contribution in [2.75, 3.05) is 4.90 Å². The fraction of sp³-hybridized carbons (Fsp3) is 0. The minimum absolute atomic E-state index is 0.597. The van der Waals surface area contributed by atoms with Gasteiger partial charge in [0.1, 0.15) is 16.7 Å². The van der Waals surface area contributed by atoms with E-state index in [4.69, 9.17) is 13.8 Å². The van der Waals surface area contributed by atoms with Gasteiger partial charge in [-0.3, -0.25) is 0 Å². The van der Waals surface area contributed by atoms with Crippen LogP contribution < -0.4 is 4.90 Å². The van der Waals surface area contributed by atoms with E-state index in [0.717, 1.165) is 50.1 Å². The van der Waals surface area contributed by atoms with Gasteiger partial charge in [-0.1, -0.05) is 103 Å². The first-order chi connectivity index (χ1) is 26.7. The zero-order chi connectivity index (χ0) is 35.6. The van der Waals surface area contributed by atoms with Gasteiger partial charge in [0.15, 0.2) is 5.58 Å². The Labute approximate surface area is 314 Å². The zero-order valence-corrected chi connectivity index (χ0v) is 29.8. The molecule has 8 aromatic carbocycles. The summed E-state index contributed by atoms with van der Waals surface area (Å²) < 4.78 is 15.2. The van der Waals surface area contributed by atoms with Gasteiger partial charge in [0.25, 0.3) is 0 Å². The first kappa shape index (κ1) is 30.7. The number of thiophene rings is 1. The van der Waals surface area contributed by atoms with Crippen LogP contribution in [0.1, 0.15) is 0 Å². The monoisotopic (exact) mass is 710 g/mol. The second-order valence-electron chi connectivity index (χ2n) is 13.6. The van der Waals surface area contributed by atoms with E-state index in [1.807, 2.05) is 47.7 Å². The highest BCUT2D eigenvalue weighted by molar-refractivity contribution is 7.25. The minimum atomic E-state index is 0.597. The Balaban J connectivity index is 1.04. The highest BCUT2D eigenvalue weighted by Gasteiger charge is 2.19. The number of aromatic nitrogens is 1. The molecule has 3 heterocycles. The molecule has 0 aliphatic rings. The molecule has 0 aliphatic heterocycles. The maximum Gasteiger partial charge on any atom is 0.227 e. The summed E-state index contributed by atoms with van der Waals surface area (Å²) in [5, 5.41) is 4.64. The summed E-state index contributed by atoms with van der Waals surface area (Å²) >= 11 is 1.85. The van der Waals surface area contributed by atoms with Crippen LogP contribution >= 0.6 is 11.3 Å². The summed E-state index contributed by atoms with van der Waals surface area (Å²) in [6, 6.07) is 64.1. The standard InChI is InChI=1S/C49H30N2O2S/c1-3-10-31(11-4-1)32-18-22-35(23-19-32)51(36-24-20-33(21-25-36)38-15-9-17-47-48(38)39-14-7-8-16-46(39)54-47)37-26-27-43-40(28-37)41-29-42-45(30-44(41)52-43)53-49(50-42)34-12-5-2-6-13-34/h1-30H. The molecule has 54 heavy (non-hydrogen) atoms. The van der Waals surface area contributed by atoms with Gasteiger partial charge in [0.2, 0.25) is 5.89 Å². The highest BCUT2D eigenvalue weighted by atomic mass is 32.1. The SMILES string of the molecule is c1ccc(-c2ccc(N(c3ccc(-c4cccc5sc6ccccc6c45)cc3)c3ccc4oc5cc6oc(-c7ccccc7)nc6cc5c4c3)cc2)cc1. The van der Waals surface area contributed by atoms with E-state index in [0.29, 0.717) is 11.5 Å². The lowest BCUT2D eigenvalue weighted by atomic mass is 9.99. The Morgan fingerprint density at radius 3 is 1.81 bits per heavy atom. The Bertz CT molecular complexity index is 3140. The summed E-state index contributed by atoms with van der Waals surface area (Å²) in [5.41, 5.74) is 12.0. The van der Waals surface area contributed by atoms with Crippen LogP contribution in [0.15, 0.2) is 191 Å². The molecule has 0 bridgehead atoms. The maximum absolute atomic E-state index is 6.40. The second-order valence-corrected chi connectivity index (χ2v) is 14.6. The summed E-state index contributed by atoms with van der Waals surface area (Å²) in [7, 11) is 0. The van der Waals surface area contributed by atoms with E-state index in [9.17, 15) is 0 Å². The summed E-state index contributed by atoms with van der Waals surface area (Å²) in [4.78, 5) is 7.17. The molecule has 5 heteroatoms. The van der Waals surface area contributed by atoms with Crippen LogP contribution in [0, 0.1) is 0 Å². The van der Waals surface area contributed by atoms with Gasteiger partial charge in [0, 0.05) is 59.6 Å². The lowest BCUT2D eigenvalue weighted by Crippen LogP contribution is -2.09. The lowest BCUT2D eigenvalue weighted by Gasteiger charge is -2.26. The molecule has 0 unspecified atom stereocenters. The molecule has 0 radical (unpaired) electrons. The normalized spacial score (nSPS) is 11.7. The molecule has 0 saturated carbocycles. The molecular formula is C49H30N2O2S. The van der Waals surface area contributed by atoms with Gasteiger partial charge in [0.05, 0.1) is 0 Å². The average molecular weight is 711 g/mol. The average Bonchev–Trinajstić information content (AvgIpc) is 3.94. The molecule has 0 N–H and O–H groups in total. The van der Waals surface area contributed by atoms with Crippen LogP contribution in [0.3, 0.4) is 0 Å². The molecule has 4 nitrogen and oxygen atoms in total. The number of rotatable bonds is 6. The van der Waals surface area contributed by atoms with Crippen LogP contribution in [0.4, 0.5) is 17.1 Å². The molecule has 254 valence electrons. The predicted octanol–water partition coefficient (Wildman–Crippen LogP) is 14.6. The van der Waals surface area contributed by atoms with Crippen molar-refractivity contribution in [3.05, 3.63) is 182 Å². The van der Waals surface area contributed by atoms with E-state index >= 15 is 0 Å². The number of oxazole rings is 1. The van der Waals surface area contributed by atoms with Crippen molar-refractivity contribution in [1.29, 1.82) is 0 Å². The Kier molecular flexibility index (Phi) is 7.00. The molecular weight excluding hydrogens is 681 g/mol. The molecule has 0 aliphatic carbocycles.